The summed E-state index contributed by atoms with van der Waals surface area (Å²) in [4.78, 5) is 24.2. The zero-order chi connectivity index (χ0) is 16.2. The van der Waals surface area contributed by atoms with Crippen LogP contribution >= 0.6 is 0 Å². The summed E-state index contributed by atoms with van der Waals surface area (Å²) in [6.07, 6.45) is 8.05. The van der Waals surface area contributed by atoms with Crippen LogP contribution in [0.25, 0.3) is 0 Å². The molecule has 4 fully saturated rings. The molecule has 4 nitrogen and oxygen atoms in total. The molecule has 0 aromatic heterocycles. The summed E-state index contributed by atoms with van der Waals surface area (Å²) in [7, 11) is 2.73. The Kier molecular flexibility index (Phi) is 3.42. The summed E-state index contributed by atoms with van der Waals surface area (Å²) < 4.78 is 9.76. The molecule has 0 N–H and O–H groups in total. The van der Waals surface area contributed by atoms with Gasteiger partial charge in [0.2, 0.25) is 0 Å². The molecule has 0 aromatic rings. The molecule has 4 aliphatic rings. The third-order valence-corrected chi connectivity index (χ3v) is 6.07. The smallest absolute Gasteiger partial charge is 0.334 e. The Bertz CT molecular complexity index is 529. The molecule has 4 atom stereocenters. The Balaban J connectivity index is 2.05. The number of hydrogen-bond acceptors (Lipinski definition) is 4. The Labute approximate surface area is 132 Å². The molecule has 2 unspecified atom stereocenters. The van der Waals surface area contributed by atoms with Crippen LogP contribution in [0.2, 0.25) is 0 Å². The third-order valence-electron chi connectivity index (χ3n) is 6.07. The maximum atomic E-state index is 12.4. The number of rotatable bonds is 3. The number of esters is 2. The molecule has 0 saturated heterocycles. The Morgan fingerprint density at radius 3 is 2.00 bits per heavy atom. The molecule has 22 heavy (non-hydrogen) atoms. The third kappa shape index (κ3) is 2.37. The van der Waals surface area contributed by atoms with E-state index in [2.05, 4.69) is 13.8 Å². The van der Waals surface area contributed by atoms with Gasteiger partial charge in [-0.3, -0.25) is 0 Å². The summed E-state index contributed by atoms with van der Waals surface area (Å²) in [5.74, 6) is -0.192. The molecule has 4 bridgehead atoms. The molecule has 0 radical (unpaired) electrons. The normalized spacial score (nSPS) is 43.1. The Hall–Kier alpha value is -1.32. The van der Waals surface area contributed by atoms with Gasteiger partial charge in [-0.1, -0.05) is 13.8 Å². The number of carbonyl (C=O) groups is 2. The summed E-state index contributed by atoms with van der Waals surface area (Å²) in [6, 6.07) is 0. The van der Waals surface area contributed by atoms with Crippen molar-refractivity contribution in [3.63, 3.8) is 0 Å². The second-order valence-corrected chi connectivity index (χ2v) is 8.48. The molecule has 4 rings (SSSR count). The van der Waals surface area contributed by atoms with Crippen molar-refractivity contribution in [1.29, 1.82) is 0 Å². The van der Waals surface area contributed by atoms with Crippen LogP contribution in [0.1, 0.15) is 52.4 Å². The lowest BCUT2D eigenvalue weighted by atomic mass is 9.39. The van der Waals surface area contributed by atoms with E-state index in [-0.39, 0.29) is 22.2 Å². The van der Waals surface area contributed by atoms with Crippen molar-refractivity contribution in [3.05, 3.63) is 11.6 Å². The fourth-order valence-electron chi connectivity index (χ4n) is 6.46. The van der Waals surface area contributed by atoms with Gasteiger partial charge in [-0.15, -0.1) is 0 Å². The lowest BCUT2D eigenvalue weighted by Crippen LogP contribution is -2.56. The van der Waals surface area contributed by atoms with Gasteiger partial charge >= 0.3 is 11.9 Å². The average molecular weight is 306 g/mol. The lowest BCUT2D eigenvalue weighted by Gasteiger charge is -2.65. The van der Waals surface area contributed by atoms with E-state index in [1.54, 1.807) is 0 Å². The molecule has 0 aliphatic heterocycles. The van der Waals surface area contributed by atoms with Gasteiger partial charge in [0.25, 0.3) is 0 Å². The van der Waals surface area contributed by atoms with Gasteiger partial charge in [-0.2, -0.15) is 0 Å². The van der Waals surface area contributed by atoms with Crippen molar-refractivity contribution in [2.75, 3.05) is 14.2 Å². The monoisotopic (exact) mass is 306 g/mol. The highest BCUT2D eigenvalue weighted by Crippen LogP contribution is 2.71. The highest BCUT2D eigenvalue weighted by Gasteiger charge is 2.62. The highest BCUT2D eigenvalue weighted by atomic mass is 16.5. The first-order valence-electron chi connectivity index (χ1n) is 8.12. The van der Waals surface area contributed by atoms with E-state index in [0.29, 0.717) is 11.5 Å². The fraction of sp³-hybridized carbons (Fsp3) is 0.778. The predicted octanol–water partition coefficient (Wildman–Crippen LogP) is 3.26. The molecule has 0 aromatic carbocycles. The first-order chi connectivity index (χ1) is 10.2. The number of ether oxygens (including phenoxy) is 2. The summed E-state index contributed by atoms with van der Waals surface area (Å²) >= 11 is 0. The Morgan fingerprint density at radius 2 is 1.55 bits per heavy atom. The van der Waals surface area contributed by atoms with Crippen LogP contribution in [0.15, 0.2) is 11.6 Å². The number of carbonyl (C=O) groups excluding carboxylic acids is 2. The molecule has 0 heterocycles. The van der Waals surface area contributed by atoms with Crippen LogP contribution in [0, 0.1) is 22.2 Å². The standard InChI is InChI=1S/C18H26O4/c1-16-6-12-7-17(2,9-16)11-18(8-12,10-16)13(15(20)22-4)5-14(19)21-3/h5,12H,6-11H2,1-4H3/b13-5+/t12?,16-,17+,18?. The average Bonchev–Trinajstić information content (AvgIpc) is 2.39. The van der Waals surface area contributed by atoms with Crippen LogP contribution in [-0.2, 0) is 19.1 Å². The van der Waals surface area contributed by atoms with Gasteiger partial charge < -0.3 is 9.47 Å². The minimum atomic E-state index is -0.466. The topological polar surface area (TPSA) is 52.6 Å². The number of methoxy groups -OCH3 is 2. The van der Waals surface area contributed by atoms with E-state index in [4.69, 9.17) is 9.47 Å². The number of hydrogen-bond donors (Lipinski definition) is 0. The van der Waals surface area contributed by atoms with Gasteiger partial charge in [0.05, 0.1) is 19.8 Å². The van der Waals surface area contributed by atoms with Crippen LogP contribution in [0.4, 0.5) is 0 Å². The van der Waals surface area contributed by atoms with Gasteiger partial charge in [0.15, 0.2) is 0 Å². The maximum Gasteiger partial charge on any atom is 0.334 e. The van der Waals surface area contributed by atoms with E-state index >= 15 is 0 Å². The van der Waals surface area contributed by atoms with Crippen molar-refractivity contribution in [3.8, 4) is 0 Å². The van der Waals surface area contributed by atoms with E-state index in [1.807, 2.05) is 0 Å². The molecule has 0 spiro atoms. The zero-order valence-corrected chi connectivity index (χ0v) is 14.0. The van der Waals surface area contributed by atoms with Crippen molar-refractivity contribution < 1.29 is 19.1 Å². The highest BCUT2D eigenvalue weighted by molar-refractivity contribution is 5.97. The fourth-order valence-corrected chi connectivity index (χ4v) is 6.46. The predicted molar refractivity (Wildman–Crippen MR) is 82.0 cm³/mol. The molecule has 122 valence electrons. The van der Waals surface area contributed by atoms with Crippen molar-refractivity contribution in [1.82, 2.24) is 0 Å². The van der Waals surface area contributed by atoms with E-state index in [0.717, 1.165) is 19.3 Å². The minimum absolute atomic E-state index is 0.218. The maximum absolute atomic E-state index is 12.4. The Morgan fingerprint density at radius 1 is 0.955 bits per heavy atom. The quantitative estimate of drug-likeness (QED) is 0.593. The first-order valence-corrected chi connectivity index (χ1v) is 8.12. The molecule has 4 heteroatoms. The molecular weight excluding hydrogens is 280 g/mol. The molecule has 4 aliphatic carbocycles. The van der Waals surface area contributed by atoms with E-state index in [9.17, 15) is 9.59 Å². The molecule has 0 amide bonds. The largest absolute Gasteiger partial charge is 0.466 e. The van der Waals surface area contributed by atoms with Gasteiger partial charge in [0, 0.05) is 11.5 Å². The van der Waals surface area contributed by atoms with Crippen LogP contribution < -0.4 is 0 Å². The van der Waals surface area contributed by atoms with Crippen LogP contribution in [0.3, 0.4) is 0 Å². The second kappa shape index (κ2) is 4.84. The van der Waals surface area contributed by atoms with Crippen molar-refractivity contribution in [2.24, 2.45) is 22.2 Å². The summed E-state index contributed by atoms with van der Waals surface area (Å²) in [6.45, 7) is 4.69. The lowest BCUT2D eigenvalue weighted by molar-refractivity contribution is -0.151. The molecular formula is C18H26O4. The van der Waals surface area contributed by atoms with Crippen LogP contribution in [-0.4, -0.2) is 26.2 Å². The van der Waals surface area contributed by atoms with Gasteiger partial charge in [0.1, 0.15) is 0 Å². The summed E-state index contributed by atoms with van der Waals surface area (Å²) in [5.41, 5.74) is 0.863. The zero-order valence-electron chi connectivity index (χ0n) is 14.0. The van der Waals surface area contributed by atoms with Crippen molar-refractivity contribution in [2.45, 2.75) is 52.4 Å². The first kappa shape index (κ1) is 15.6. The SMILES string of the molecule is COC(=O)/C=C(\C(=O)OC)C12CC3C[C@@](C)(C1)C[C@](C)(C3)C2. The second-order valence-electron chi connectivity index (χ2n) is 8.48. The molecule has 4 saturated carbocycles. The van der Waals surface area contributed by atoms with Gasteiger partial charge in [-0.25, -0.2) is 9.59 Å². The van der Waals surface area contributed by atoms with E-state index < -0.39 is 5.97 Å². The van der Waals surface area contributed by atoms with Crippen LogP contribution in [0.5, 0.6) is 0 Å². The van der Waals surface area contributed by atoms with Crippen molar-refractivity contribution >= 4 is 11.9 Å². The summed E-state index contributed by atoms with van der Waals surface area (Å²) in [5, 5.41) is 0. The van der Waals surface area contributed by atoms with E-state index in [1.165, 1.54) is 39.6 Å². The van der Waals surface area contributed by atoms with Gasteiger partial charge in [-0.05, 0) is 55.3 Å². The minimum Gasteiger partial charge on any atom is -0.466 e.